The fourth-order valence-corrected chi connectivity index (χ4v) is 1.40. The molecule has 0 spiro atoms. The van der Waals surface area contributed by atoms with Gasteiger partial charge in [-0.15, -0.1) is 0 Å². The molecule has 0 aromatic carbocycles. The normalized spacial score (nSPS) is 11.8. The van der Waals surface area contributed by atoms with Gasteiger partial charge in [0.15, 0.2) is 0 Å². The van der Waals surface area contributed by atoms with E-state index in [1.54, 1.807) is 0 Å². The summed E-state index contributed by atoms with van der Waals surface area (Å²) in [6.45, 7) is 14.3. The zero-order valence-electron chi connectivity index (χ0n) is 16.5. The zero-order chi connectivity index (χ0) is 18.0. The van der Waals surface area contributed by atoms with Crippen LogP contribution in [0.25, 0.3) is 0 Å². The number of aliphatic hydroxyl groups excluding tert-OH is 1. The second kappa shape index (κ2) is 19.9. The molecule has 0 amide bonds. The molecule has 22 heavy (non-hydrogen) atoms. The molecule has 0 aliphatic heterocycles. The van der Waals surface area contributed by atoms with Gasteiger partial charge in [0.05, 0.1) is 6.61 Å². The molecule has 132 valence electrons. The summed E-state index contributed by atoms with van der Waals surface area (Å²) in [5, 5.41) is 8.96. The number of nitrogens with zero attached hydrogens (tertiary/aromatic N) is 2. The molecule has 3 heteroatoms. The molecule has 0 saturated heterocycles. The molecule has 0 radical (unpaired) electrons. The molecule has 0 unspecified atom stereocenters. The zero-order valence-corrected chi connectivity index (χ0v) is 16.5. The van der Waals surface area contributed by atoms with Gasteiger partial charge in [0.2, 0.25) is 0 Å². The van der Waals surface area contributed by atoms with Crippen molar-refractivity contribution in [1.29, 1.82) is 0 Å². The van der Waals surface area contributed by atoms with Crippen molar-refractivity contribution in [1.82, 2.24) is 9.80 Å². The van der Waals surface area contributed by atoms with Crippen LogP contribution >= 0.6 is 0 Å². The molecule has 0 aliphatic carbocycles. The molecule has 0 aromatic heterocycles. The molecule has 3 nitrogen and oxygen atoms in total. The molecular formula is C19H40N2O. The second-order valence-corrected chi connectivity index (χ2v) is 5.29. The van der Waals surface area contributed by atoms with Gasteiger partial charge < -0.3 is 14.9 Å². The van der Waals surface area contributed by atoms with E-state index < -0.39 is 0 Å². The van der Waals surface area contributed by atoms with E-state index in [0.29, 0.717) is 6.54 Å². The van der Waals surface area contributed by atoms with Crippen LogP contribution in [0.5, 0.6) is 0 Å². The highest BCUT2D eigenvalue weighted by Gasteiger charge is 1.99. The maximum absolute atomic E-state index is 8.96. The standard InChI is InChI=1S/C14H25NO.C3H9N.C2H6/c1-5-7-8-13(3)14(4)12-15(9-6-2)10-11-16;1-4(2)3;1-2/h5,7-8,12,16H,6,9-11H2,1-4H3;1-3H3;1-2H3/b7-5-,13-8-,14-12+;;. The Bertz CT molecular complexity index is 296. The average Bonchev–Trinajstić information content (AvgIpc) is 2.46. The summed E-state index contributed by atoms with van der Waals surface area (Å²) in [6, 6.07) is 0. The van der Waals surface area contributed by atoms with E-state index in [9.17, 15) is 0 Å². The van der Waals surface area contributed by atoms with Crippen molar-refractivity contribution in [2.75, 3.05) is 40.8 Å². The van der Waals surface area contributed by atoms with E-state index in [1.807, 2.05) is 59.0 Å². The second-order valence-electron chi connectivity index (χ2n) is 5.29. The van der Waals surface area contributed by atoms with Gasteiger partial charge in [-0.1, -0.05) is 39.0 Å². The molecule has 1 N–H and O–H groups in total. The van der Waals surface area contributed by atoms with Gasteiger partial charge in [0.25, 0.3) is 0 Å². The molecular weight excluding hydrogens is 272 g/mol. The maximum Gasteiger partial charge on any atom is 0.0606 e. The molecule has 0 bridgehead atoms. The van der Waals surface area contributed by atoms with E-state index >= 15 is 0 Å². The molecule has 0 saturated carbocycles. The lowest BCUT2D eigenvalue weighted by molar-refractivity contribution is 0.236. The van der Waals surface area contributed by atoms with Crippen molar-refractivity contribution < 1.29 is 5.11 Å². The summed E-state index contributed by atoms with van der Waals surface area (Å²) in [6.07, 6.45) is 9.41. The Morgan fingerprint density at radius 1 is 1.00 bits per heavy atom. The Kier molecular flexibility index (Phi) is 23.4. The number of rotatable bonds is 7. The number of hydrogen-bond donors (Lipinski definition) is 1. The number of hydrogen-bond acceptors (Lipinski definition) is 3. The van der Waals surface area contributed by atoms with Crippen molar-refractivity contribution in [3.8, 4) is 0 Å². The fourth-order valence-electron chi connectivity index (χ4n) is 1.40. The Morgan fingerprint density at radius 2 is 1.50 bits per heavy atom. The molecule has 0 fully saturated rings. The summed E-state index contributed by atoms with van der Waals surface area (Å²) >= 11 is 0. The third-order valence-corrected chi connectivity index (χ3v) is 2.43. The average molecular weight is 313 g/mol. The highest BCUT2D eigenvalue weighted by atomic mass is 16.3. The quantitative estimate of drug-likeness (QED) is 0.709. The molecule has 0 heterocycles. The Hall–Kier alpha value is -1.06. The first-order chi connectivity index (χ1) is 10.4. The van der Waals surface area contributed by atoms with Crippen LogP contribution in [-0.4, -0.2) is 55.7 Å². The van der Waals surface area contributed by atoms with Crippen molar-refractivity contribution >= 4 is 0 Å². The smallest absolute Gasteiger partial charge is 0.0606 e. The highest BCUT2D eigenvalue weighted by Crippen LogP contribution is 2.10. The fraction of sp³-hybridized carbons (Fsp3) is 0.684. The summed E-state index contributed by atoms with van der Waals surface area (Å²) < 4.78 is 0. The van der Waals surface area contributed by atoms with Crippen molar-refractivity contribution in [2.45, 2.75) is 48.0 Å². The van der Waals surface area contributed by atoms with E-state index in [0.717, 1.165) is 13.0 Å². The summed E-state index contributed by atoms with van der Waals surface area (Å²) in [5.41, 5.74) is 2.51. The first kappa shape index (κ1) is 25.9. The third-order valence-electron chi connectivity index (χ3n) is 2.43. The van der Waals surface area contributed by atoms with Crippen LogP contribution in [-0.2, 0) is 0 Å². The van der Waals surface area contributed by atoms with Crippen molar-refractivity contribution in [3.63, 3.8) is 0 Å². The van der Waals surface area contributed by atoms with Gasteiger partial charge >= 0.3 is 0 Å². The summed E-state index contributed by atoms with van der Waals surface area (Å²) in [4.78, 5) is 4.17. The van der Waals surface area contributed by atoms with Crippen LogP contribution in [0.15, 0.2) is 35.6 Å². The first-order valence-electron chi connectivity index (χ1n) is 8.33. The maximum atomic E-state index is 8.96. The number of aliphatic hydroxyl groups is 1. The van der Waals surface area contributed by atoms with Crippen LogP contribution < -0.4 is 0 Å². The SMILES string of the molecule is CC.CN(C)C.C\C=C/C=C(C)\C(C)=C\N(CCC)CCO. The largest absolute Gasteiger partial charge is 0.395 e. The summed E-state index contributed by atoms with van der Waals surface area (Å²) in [7, 11) is 6.00. The minimum Gasteiger partial charge on any atom is -0.395 e. The van der Waals surface area contributed by atoms with Gasteiger partial charge in [-0.25, -0.2) is 0 Å². The molecule has 0 atom stereocenters. The minimum atomic E-state index is 0.210. The lowest BCUT2D eigenvalue weighted by Crippen LogP contribution is -2.22. The van der Waals surface area contributed by atoms with Gasteiger partial charge in [-0.3, -0.25) is 0 Å². The molecule has 0 aromatic rings. The van der Waals surface area contributed by atoms with E-state index in [4.69, 9.17) is 5.11 Å². The summed E-state index contributed by atoms with van der Waals surface area (Å²) in [5.74, 6) is 0. The van der Waals surface area contributed by atoms with Crippen LogP contribution in [0.1, 0.15) is 48.0 Å². The lowest BCUT2D eigenvalue weighted by atomic mass is 10.1. The predicted octanol–water partition coefficient (Wildman–Crippen LogP) is 4.32. The molecule has 0 aliphatic rings. The van der Waals surface area contributed by atoms with Crippen LogP contribution in [0.3, 0.4) is 0 Å². The van der Waals surface area contributed by atoms with Gasteiger partial charge in [-0.05, 0) is 59.5 Å². The minimum absolute atomic E-state index is 0.210. The van der Waals surface area contributed by atoms with Crippen LogP contribution in [0.4, 0.5) is 0 Å². The highest BCUT2D eigenvalue weighted by molar-refractivity contribution is 5.29. The van der Waals surface area contributed by atoms with E-state index in [-0.39, 0.29) is 6.61 Å². The van der Waals surface area contributed by atoms with Crippen LogP contribution in [0, 0.1) is 0 Å². The van der Waals surface area contributed by atoms with Gasteiger partial charge in [0.1, 0.15) is 0 Å². The van der Waals surface area contributed by atoms with Crippen LogP contribution in [0.2, 0.25) is 0 Å². The van der Waals surface area contributed by atoms with Gasteiger partial charge in [-0.2, -0.15) is 0 Å². The Morgan fingerprint density at radius 3 is 1.86 bits per heavy atom. The van der Waals surface area contributed by atoms with Crippen molar-refractivity contribution in [3.05, 3.63) is 35.6 Å². The van der Waals surface area contributed by atoms with E-state index in [1.165, 1.54) is 11.1 Å². The Labute approximate surface area is 140 Å². The third kappa shape index (κ3) is 21.2. The Balaban J connectivity index is -0.000000516. The van der Waals surface area contributed by atoms with Gasteiger partial charge in [0, 0.05) is 19.3 Å². The first-order valence-corrected chi connectivity index (χ1v) is 8.33. The van der Waals surface area contributed by atoms with Crippen molar-refractivity contribution in [2.24, 2.45) is 0 Å². The monoisotopic (exact) mass is 312 g/mol. The number of allylic oxidation sites excluding steroid dienone is 5. The lowest BCUT2D eigenvalue weighted by Gasteiger charge is -2.19. The predicted molar refractivity (Wildman–Crippen MR) is 102 cm³/mol. The van der Waals surface area contributed by atoms with E-state index in [2.05, 4.69) is 37.9 Å². The topological polar surface area (TPSA) is 26.7 Å². The molecule has 0 rings (SSSR count).